The first-order chi connectivity index (χ1) is 3.30. The molecule has 1 aliphatic rings. The SMILES string of the molecule is CC1=C(C)CC=C1.[CH3-].[CH3-].[CH3-].[Ti+3]. The Kier molecular flexibility index (Phi) is 20.8. The normalized spacial score (nSPS) is 12.2. The number of rotatable bonds is 0. The van der Waals surface area contributed by atoms with Gasteiger partial charge >= 0.3 is 21.7 Å². The molecule has 0 atom stereocenters. The van der Waals surface area contributed by atoms with Crippen molar-refractivity contribution in [2.75, 3.05) is 0 Å². The molecule has 0 bridgehead atoms. The molecule has 0 saturated heterocycles. The van der Waals surface area contributed by atoms with Crippen LogP contribution in [-0.2, 0) is 21.7 Å². The maximum atomic E-state index is 2.20. The fourth-order valence-corrected chi connectivity index (χ4v) is 0.716. The van der Waals surface area contributed by atoms with E-state index in [0.717, 1.165) is 0 Å². The van der Waals surface area contributed by atoms with Gasteiger partial charge in [0.25, 0.3) is 0 Å². The Labute approximate surface area is 87.7 Å². The van der Waals surface area contributed by atoms with Crippen LogP contribution in [0.25, 0.3) is 0 Å². The van der Waals surface area contributed by atoms with Crippen molar-refractivity contribution in [3.8, 4) is 0 Å². The number of hydrogen-bond donors (Lipinski definition) is 0. The zero-order valence-electron chi connectivity index (χ0n) is 8.36. The molecule has 0 N–H and O–H groups in total. The third-order valence-electron chi connectivity index (χ3n) is 1.47. The van der Waals surface area contributed by atoms with Crippen molar-refractivity contribution >= 4 is 0 Å². The summed E-state index contributed by atoms with van der Waals surface area (Å²) < 4.78 is 0. The van der Waals surface area contributed by atoms with Crippen molar-refractivity contribution in [1.29, 1.82) is 0 Å². The minimum Gasteiger partial charge on any atom is -0.358 e. The van der Waals surface area contributed by atoms with Crippen molar-refractivity contribution in [1.82, 2.24) is 0 Å². The van der Waals surface area contributed by atoms with Gasteiger partial charge < -0.3 is 22.3 Å². The van der Waals surface area contributed by atoms with Crippen LogP contribution in [0.5, 0.6) is 0 Å². The third-order valence-corrected chi connectivity index (χ3v) is 1.47. The molecule has 0 aliphatic heterocycles. The van der Waals surface area contributed by atoms with Crippen LogP contribution in [0.3, 0.4) is 0 Å². The summed E-state index contributed by atoms with van der Waals surface area (Å²) in [6, 6.07) is 0. The maximum absolute atomic E-state index is 2.20. The summed E-state index contributed by atoms with van der Waals surface area (Å²) in [7, 11) is 0. The molecule has 1 heteroatoms. The fourth-order valence-electron chi connectivity index (χ4n) is 0.716. The summed E-state index contributed by atoms with van der Waals surface area (Å²) in [6.45, 7) is 4.33. The molecule has 0 saturated carbocycles. The van der Waals surface area contributed by atoms with E-state index in [1.54, 1.807) is 0 Å². The molecule has 1 radical (unpaired) electrons. The summed E-state index contributed by atoms with van der Waals surface area (Å²) in [5, 5.41) is 0. The Bertz CT molecular complexity index is 132. The van der Waals surface area contributed by atoms with Gasteiger partial charge in [-0.05, 0) is 20.3 Å². The van der Waals surface area contributed by atoms with Gasteiger partial charge in [-0.25, -0.2) is 0 Å². The average Bonchev–Trinajstić information content (AvgIpc) is 1.91. The van der Waals surface area contributed by atoms with Crippen molar-refractivity contribution in [2.45, 2.75) is 20.3 Å². The van der Waals surface area contributed by atoms with Crippen molar-refractivity contribution in [3.63, 3.8) is 0 Å². The molecule has 63 valence electrons. The van der Waals surface area contributed by atoms with E-state index < -0.39 is 0 Å². The molecule has 0 amide bonds. The Morgan fingerprint density at radius 1 is 1.09 bits per heavy atom. The molecule has 1 aliphatic carbocycles. The zero-order chi connectivity index (χ0) is 5.28. The van der Waals surface area contributed by atoms with E-state index >= 15 is 0 Å². The van der Waals surface area contributed by atoms with Crippen LogP contribution in [0.1, 0.15) is 20.3 Å². The Balaban J connectivity index is -0.0000000612. The van der Waals surface area contributed by atoms with Crippen molar-refractivity contribution in [3.05, 3.63) is 45.6 Å². The second-order valence-corrected chi connectivity index (χ2v) is 2.07. The largest absolute Gasteiger partial charge is 3.00 e. The van der Waals surface area contributed by atoms with E-state index in [2.05, 4.69) is 26.0 Å². The zero-order valence-corrected chi connectivity index (χ0v) is 9.92. The van der Waals surface area contributed by atoms with Crippen LogP contribution in [0.2, 0.25) is 0 Å². The second-order valence-electron chi connectivity index (χ2n) is 2.07. The van der Waals surface area contributed by atoms with Gasteiger partial charge in [-0.1, -0.05) is 23.3 Å². The average molecular weight is 187 g/mol. The Morgan fingerprint density at radius 3 is 1.64 bits per heavy atom. The first kappa shape index (κ1) is 22.5. The van der Waals surface area contributed by atoms with Gasteiger partial charge in [0.2, 0.25) is 0 Å². The van der Waals surface area contributed by atoms with E-state index in [1.165, 1.54) is 17.6 Å². The molecule has 0 fully saturated rings. The molecule has 1 rings (SSSR count). The van der Waals surface area contributed by atoms with E-state index in [1.807, 2.05) is 0 Å². The van der Waals surface area contributed by atoms with Crippen LogP contribution in [0, 0.1) is 22.3 Å². The molecular formula is C10H19Ti. The van der Waals surface area contributed by atoms with Gasteiger partial charge in [0, 0.05) is 0 Å². The summed E-state index contributed by atoms with van der Waals surface area (Å²) >= 11 is 0. The standard InChI is InChI=1S/C7H10.3CH3.Ti/c1-6-4-3-5-7(6)2;;;;/h3-4H,5H2,1-2H3;3*1H3;/q;3*-1;+3. The molecule has 11 heavy (non-hydrogen) atoms. The summed E-state index contributed by atoms with van der Waals surface area (Å²) in [5.74, 6) is 0. The fraction of sp³-hybridized carbons (Fsp3) is 0.300. The number of allylic oxidation sites excluding steroid dienone is 4. The Hall–Kier alpha value is 0.194. The summed E-state index contributed by atoms with van der Waals surface area (Å²) in [6.07, 6.45) is 5.55. The van der Waals surface area contributed by atoms with Gasteiger partial charge in [-0.3, -0.25) is 0 Å². The van der Waals surface area contributed by atoms with Gasteiger partial charge in [-0.15, -0.1) is 0 Å². The number of hydrogen-bond acceptors (Lipinski definition) is 0. The Morgan fingerprint density at radius 2 is 1.55 bits per heavy atom. The smallest absolute Gasteiger partial charge is 0.358 e. The third kappa shape index (κ3) is 6.59. The van der Waals surface area contributed by atoms with E-state index in [0.29, 0.717) is 0 Å². The molecule has 0 aromatic rings. The van der Waals surface area contributed by atoms with Crippen LogP contribution in [-0.4, -0.2) is 0 Å². The predicted molar refractivity (Wildman–Crippen MR) is 51.4 cm³/mol. The molecule has 0 nitrogen and oxygen atoms in total. The van der Waals surface area contributed by atoms with Gasteiger partial charge in [0.05, 0.1) is 0 Å². The molecular weight excluding hydrogens is 168 g/mol. The second kappa shape index (κ2) is 10.2. The molecule has 0 aromatic heterocycles. The maximum Gasteiger partial charge on any atom is 3.00 e. The molecule has 0 aromatic carbocycles. The van der Waals surface area contributed by atoms with Crippen LogP contribution in [0.4, 0.5) is 0 Å². The van der Waals surface area contributed by atoms with Crippen molar-refractivity contribution < 1.29 is 21.7 Å². The minimum absolute atomic E-state index is 0. The molecule has 0 unspecified atom stereocenters. The molecule has 0 heterocycles. The van der Waals surface area contributed by atoms with Crippen molar-refractivity contribution in [2.24, 2.45) is 0 Å². The monoisotopic (exact) mass is 187 g/mol. The first-order valence-electron chi connectivity index (χ1n) is 2.63. The topological polar surface area (TPSA) is 0 Å². The quantitative estimate of drug-likeness (QED) is 0.401. The van der Waals surface area contributed by atoms with Crippen LogP contribution >= 0.6 is 0 Å². The van der Waals surface area contributed by atoms with Crippen LogP contribution in [0.15, 0.2) is 23.3 Å². The van der Waals surface area contributed by atoms with Gasteiger partial charge in [0.15, 0.2) is 0 Å². The van der Waals surface area contributed by atoms with Gasteiger partial charge in [0.1, 0.15) is 0 Å². The van der Waals surface area contributed by atoms with E-state index in [4.69, 9.17) is 0 Å². The van der Waals surface area contributed by atoms with Crippen LogP contribution < -0.4 is 0 Å². The predicted octanol–water partition coefficient (Wildman–Crippen LogP) is 3.63. The summed E-state index contributed by atoms with van der Waals surface area (Å²) in [4.78, 5) is 0. The minimum atomic E-state index is 0. The summed E-state index contributed by atoms with van der Waals surface area (Å²) in [5.41, 5.74) is 2.96. The first-order valence-corrected chi connectivity index (χ1v) is 2.63. The molecule has 0 spiro atoms. The van der Waals surface area contributed by atoms with Gasteiger partial charge in [-0.2, -0.15) is 0 Å². The van der Waals surface area contributed by atoms with E-state index in [-0.39, 0.29) is 44.0 Å². The van der Waals surface area contributed by atoms with E-state index in [9.17, 15) is 0 Å².